The number of rotatable bonds is 7. The maximum atomic E-state index is 11.1. The molecule has 0 aliphatic carbocycles. The smallest absolute Gasteiger partial charge is 0.321 e. The van der Waals surface area contributed by atoms with Gasteiger partial charge in [-0.2, -0.15) is 0 Å². The molecule has 2 aromatic rings. The number of carbonyl (C=O) groups is 1. The minimum Gasteiger partial charge on any atom is -0.490 e. The molecule has 5 nitrogen and oxygen atoms in total. The van der Waals surface area contributed by atoms with Crippen LogP contribution >= 0.6 is 23.4 Å². The summed E-state index contributed by atoms with van der Waals surface area (Å²) in [6.07, 6.45) is 0. The summed E-state index contributed by atoms with van der Waals surface area (Å²) in [5.41, 5.74) is 1.99. The zero-order chi connectivity index (χ0) is 18.5. The lowest BCUT2D eigenvalue weighted by molar-refractivity contribution is -0.138. The van der Waals surface area contributed by atoms with E-state index < -0.39 is 12.0 Å². The number of aliphatic carboxylic acids is 1. The Balaban J connectivity index is 1.72. The molecule has 0 amide bonds. The second-order valence-corrected chi connectivity index (χ2v) is 7.40. The van der Waals surface area contributed by atoms with Crippen molar-refractivity contribution in [1.82, 2.24) is 5.32 Å². The van der Waals surface area contributed by atoms with Crippen LogP contribution < -0.4 is 14.8 Å². The average molecular weight is 394 g/mol. The molecule has 1 saturated heterocycles. The highest BCUT2D eigenvalue weighted by Crippen LogP contribution is 2.37. The molecule has 0 saturated carbocycles. The Hall–Kier alpha value is -1.89. The van der Waals surface area contributed by atoms with Gasteiger partial charge in [0, 0.05) is 10.8 Å². The third-order valence-electron chi connectivity index (χ3n) is 3.96. The lowest BCUT2D eigenvalue weighted by Gasteiger charge is -2.16. The van der Waals surface area contributed by atoms with E-state index >= 15 is 0 Å². The summed E-state index contributed by atoms with van der Waals surface area (Å²) in [4.78, 5) is 11.1. The summed E-state index contributed by atoms with van der Waals surface area (Å²) in [5.74, 6) is 1.02. The summed E-state index contributed by atoms with van der Waals surface area (Å²) in [6.45, 7) is 2.84. The number of hydrogen-bond acceptors (Lipinski definition) is 5. The molecular weight excluding hydrogens is 374 g/mol. The van der Waals surface area contributed by atoms with Crippen LogP contribution in [0.1, 0.15) is 23.4 Å². The van der Waals surface area contributed by atoms with E-state index in [1.807, 2.05) is 49.4 Å². The molecule has 2 unspecified atom stereocenters. The molecule has 0 aromatic heterocycles. The van der Waals surface area contributed by atoms with Crippen LogP contribution in [0.15, 0.2) is 42.5 Å². The quantitative estimate of drug-likeness (QED) is 0.738. The monoisotopic (exact) mass is 393 g/mol. The van der Waals surface area contributed by atoms with Crippen molar-refractivity contribution in [3.8, 4) is 11.5 Å². The van der Waals surface area contributed by atoms with Crippen molar-refractivity contribution in [3.05, 3.63) is 58.6 Å². The maximum absolute atomic E-state index is 11.1. The first-order valence-electron chi connectivity index (χ1n) is 8.31. The second-order valence-electron chi connectivity index (χ2n) is 5.83. The Kier molecular flexibility index (Phi) is 6.29. The van der Waals surface area contributed by atoms with Gasteiger partial charge in [-0.15, -0.1) is 11.8 Å². The Labute approximate surface area is 161 Å². The molecule has 1 aliphatic rings. The van der Waals surface area contributed by atoms with Crippen molar-refractivity contribution in [2.24, 2.45) is 0 Å². The van der Waals surface area contributed by atoms with Crippen LogP contribution in [-0.2, 0) is 11.4 Å². The van der Waals surface area contributed by atoms with Crippen LogP contribution in [0.5, 0.6) is 11.5 Å². The number of carboxylic acids is 1. The van der Waals surface area contributed by atoms with Crippen molar-refractivity contribution < 1.29 is 19.4 Å². The molecule has 1 fully saturated rings. The first kappa shape index (κ1) is 18.9. The first-order chi connectivity index (χ1) is 12.6. The van der Waals surface area contributed by atoms with Crippen LogP contribution in [-0.4, -0.2) is 29.5 Å². The normalized spacial score (nSPS) is 19.3. The molecule has 2 N–H and O–H groups in total. The highest BCUT2D eigenvalue weighted by Gasteiger charge is 2.30. The number of nitrogens with one attached hydrogen (secondary N) is 1. The van der Waals surface area contributed by atoms with E-state index in [9.17, 15) is 4.79 Å². The molecular formula is C19H20ClNO4S. The van der Waals surface area contributed by atoms with Gasteiger partial charge in [-0.3, -0.25) is 10.1 Å². The third-order valence-corrected chi connectivity index (χ3v) is 5.48. The van der Waals surface area contributed by atoms with Crippen LogP contribution in [0.3, 0.4) is 0 Å². The van der Waals surface area contributed by atoms with Gasteiger partial charge in [0.25, 0.3) is 0 Å². The summed E-state index contributed by atoms with van der Waals surface area (Å²) >= 11 is 7.47. The first-order valence-corrected chi connectivity index (χ1v) is 9.74. The number of carboxylic acid groups (broad SMARTS) is 1. The highest BCUT2D eigenvalue weighted by atomic mass is 35.5. The number of ether oxygens (including phenoxy) is 2. The van der Waals surface area contributed by atoms with Crippen LogP contribution in [0, 0.1) is 0 Å². The predicted molar refractivity (Wildman–Crippen MR) is 103 cm³/mol. The zero-order valence-electron chi connectivity index (χ0n) is 14.3. The van der Waals surface area contributed by atoms with Crippen molar-refractivity contribution in [2.75, 3.05) is 12.4 Å². The maximum Gasteiger partial charge on any atom is 0.321 e. The number of halogens is 1. The van der Waals surface area contributed by atoms with E-state index in [2.05, 4.69) is 5.32 Å². The summed E-state index contributed by atoms with van der Waals surface area (Å²) < 4.78 is 11.6. The Morgan fingerprint density at radius 1 is 1.23 bits per heavy atom. The van der Waals surface area contributed by atoms with E-state index in [1.54, 1.807) is 11.8 Å². The molecule has 3 rings (SSSR count). The molecule has 1 aliphatic heterocycles. The largest absolute Gasteiger partial charge is 0.490 e. The van der Waals surface area contributed by atoms with Gasteiger partial charge < -0.3 is 14.6 Å². The molecule has 0 radical (unpaired) electrons. The summed E-state index contributed by atoms with van der Waals surface area (Å²) in [6, 6.07) is 12.7. The Morgan fingerprint density at radius 2 is 2.00 bits per heavy atom. The standard InChI is InChI=1S/C19H20ClNO4S/c1-2-24-17-9-13(18-21-15(11-26-18)19(22)23)5-8-16(17)25-10-12-3-6-14(20)7-4-12/h3-9,15,18,21H,2,10-11H2,1H3,(H,22,23). The fourth-order valence-electron chi connectivity index (χ4n) is 2.62. The summed E-state index contributed by atoms with van der Waals surface area (Å²) in [7, 11) is 0. The molecule has 2 aromatic carbocycles. The van der Waals surface area contributed by atoms with Crippen molar-refractivity contribution in [3.63, 3.8) is 0 Å². The van der Waals surface area contributed by atoms with Crippen molar-refractivity contribution in [2.45, 2.75) is 24.9 Å². The van der Waals surface area contributed by atoms with Gasteiger partial charge >= 0.3 is 5.97 Å². The molecule has 0 spiro atoms. The minimum absolute atomic E-state index is 0.0689. The van der Waals surface area contributed by atoms with Gasteiger partial charge in [0.2, 0.25) is 0 Å². The topological polar surface area (TPSA) is 67.8 Å². The van der Waals surface area contributed by atoms with E-state index in [1.165, 1.54) is 0 Å². The molecule has 0 bridgehead atoms. The van der Waals surface area contributed by atoms with Crippen molar-refractivity contribution >= 4 is 29.3 Å². The zero-order valence-corrected chi connectivity index (χ0v) is 15.8. The van der Waals surface area contributed by atoms with Gasteiger partial charge in [-0.05, 0) is 42.3 Å². The molecule has 138 valence electrons. The van der Waals surface area contributed by atoms with Crippen LogP contribution in [0.2, 0.25) is 5.02 Å². The van der Waals surface area contributed by atoms with E-state index in [4.69, 9.17) is 26.2 Å². The minimum atomic E-state index is -0.826. The number of thioether (sulfide) groups is 1. The van der Waals surface area contributed by atoms with Gasteiger partial charge in [0.05, 0.1) is 12.0 Å². The van der Waals surface area contributed by atoms with Crippen LogP contribution in [0.25, 0.3) is 0 Å². The number of hydrogen-bond donors (Lipinski definition) is 2. The lowest BCUT2D eigenvalue weighted by atomic mass is 10.2. The predicted octanol–water partition coefficient (Wildman–Crippen LogP) is 4.11. The third kappa shape index (κ3) is 4.63. The van der Waals surface area contributed by atoms with Gasteiger partial charge in [0.1, 0.15) is 12.6 Å². The van der Waals surface area contributed by atoms with Crippen molar-refractivity contribution in [1.29, 1.82) is 0 Å². The van der Waals surface area contributed by atoms with E-state index in [0.29, 0.717) is 35.5 Å². The Morgan fingerprint density at radius 3 is 2.65 bits per heavy atom. The van der Waals surface area contributed by atoms with Gasteiger partial charge in [-0.1, -0.05) is 29.8 Å². The van der Waals surface area contributed by atoms with Gasteiger partial charge in [-0.25, -0.2) is 0 Å². The van der Waals surface area contributed by atoms with E-state index in [0.717, 1.165) is 11.1 Å². The lowest BCUT2D eigenvalue weighted by Crippen LogP contribution is -2.33. The second kappa shape index (κ2) is 8.66. The average Bonchev–Trinajstić information content (AvgIpc) is 3.13. The molecule has 2 atom stereocenters. The summed E-state index contributed by atoms with van der Waals surface area (Å²) in [5, 5.41) is 12.9. The van der Waals surface area contributed by atoms with Gasteiger partial charge in [0.15, 0.2) is 11.5 Å². The number of benzene rings is 2. The molecule has 1 heterocycles. The van der Waals surface area contributed by atoms with Crippen LogP contribution in [0.4, 0.5) is 0 Å². The highest BCUT2D eigenvalue weighted by molar-refractivity contribution is 7.99. The fraction of sp³-hybridized carbons (Fsp3) is 0.316. The van der Waals surface area contributed by atoms with E-state index in [-0.39, 0.29) is 5.37 Å². The fourth-order valence-corrected chi connectivity index (χ4v) is 3.97. The SMILES string of the molecule is CCOc1cc(C2NC(C(=O)O)CS2)ccc1OCc1ccc(Cl)cc1. The molecule has 26 heavy (non-hydrogen) atoms. The Bertz CT molecular complexity index is 769. The molecule has 7 heteroatoms.